The van der Waals surface area contributed by atoms with E-state index in [1.54, 1.807) is 12.1 Å². The van der Waals surface area contributed by atoms with Crippen molar-refractivity contribution in [2.24, 2.45) is 0 Å². The summed E-state index contributed by atoms with van der Waals surface area (Å²) >= 11 is 0. The molecule has 0 saturated carbocycles. The van der Waals surface area contributed by atoms with Gasteiger partial charge in [-0.1, -0.05) is 18.2 Å². The molecule has 1 aromatic heterocycles. The van der Waals surface area contributed by atoms with Crippen molar-refractivity contribution < 1.29 is 18.7 Å². The van der Waals surface area contributed by atoms with Crippen molar-refractivity contribution in [1.29, 1.82) is 0 Å². The van der Waals surface area contributed by atoms with Gasteiger partial charge in [-0.3, -0.25) is 4.79 Å². The minimum Gasteiger partial charge on any atom is -0.454 e. The van der Waals surface area contributed by atoms with Crippen molar-refractivity contribution >= 4 is 17.5 Å². The Hall–Kier alpha value is -3.68. The largest absolute Gasteiger partial charge is 0.454 e. The van der Waals surface area contributed by atoms with Gasteiger partial charge in [0.05, 0.1) is 5.69 Å². The Kier molecular flexibility index (Phi) is 4.52. The first-order chi connectivity index (χ1) is 13.2. The number of hydrogen-bond donors (Lipinski definition) is 2. The standard InChI is InChI=1S/C19H15FN4O3/c20-13-3-1-2-4-14(13)23-18(25)15-7-8-21-19(24-15)22-10-12-5-6-16-17(9-12)27-11-26-16/h1-9H,10-11H2,(H,23,25)(H,21,22,24). The molecule has 0 atom stereocenters. The molecule has 8 heteroatoms. The van der Waals surface area contributed by atoms with E-state index in [0.29, 0.717) is 18.0 Å². The predicted octanol–water partition coefficient (Wildman–Crippen LogP) is 3.21. The van der Waals surface area contributed by atoms with Gasteiger partial charge in [0.1, 0.15) is 11.5 Å². The van der Waals surface area contributed by atoms with Crippen molar-refractivity contribution in [2.75, 3.05) is 17.4 Å². The number of halogens is 1. The SMILES string of the molecule is O=C(Nc1ccccc1F)c1ccnc(NCc2ccc3c(c2)OCO3)n1. The molecule has 27 heavy (non-hydrogen) atoms. The Morgan fingerprint density at radius 2 is 1.96 bits per heavy atom. The van der Waals surface area contributed by atoms with Gasteiger partial charge in [-0.15, -0.1) is 0 Å². The molecule has 0 unspecified atom stereocenters. The average Bonchev–Trinajstić information content (AvgIpc) is 3.16. The van der Waals surface area contributed by atoms with Gasteiger partial charge < -0.3 is 20.1 Å². The number of nitrogens with one attached hydrogen (secondary N) is 2. The van der Waals surface area contributed by atoms with E-state index in [4.69, 9.17) is 9.47 Å². The fourth-order valence-corrected chi connectivity index (χ4v) is 2.55. The molecule has 0 fully saturated rings. The summed E-state index contributed by atoms with van der Waals surface area (Å²) in [4.78, 5) is 20.6. The van der Waals surface area contributed by atoms with Crippen molar-refractivity contribution in [3.63, 3.8) is 0 Å². The van der Waals surface area contributed by atoms with E-state index >= 15 is 0 Å². The minimum atomic E-state index is -0.520. The number of anilines is 2. The molecule has 1 amide bonds. The monoisotopic (exact) mass is 366 g/mol. The van der Waals surface area contributed by atoms with Crippen LogP contribution in [-0.4, -0.2) is 22.7 Å². The van der Waals surface area contributed by atoms with E-state index in [9.17, 15) is 9.18 Å². The maximum Gasteiger partial charge on any atom is 0.274 e. The van der Waals surface area contributed by atoms with Crippen LogP contribution >= 0.6 is 0 Å². The van der Waals surface area contributed by atoms with Gasteiger partial charge >= 0.3 is 0 Å². The minimum absolute atomic E-state index is 0.0935. The molecular weight excluding hydrogens is 351 g/mol. The number of amides is 1. The highest BCUT2D eigenvalue weighted by molar-refractivity contribution is 6.03. The van der Waals surface area contributed by atoms with Crippen molar-refractivity contribution in [1.82, 2.24) is 9.97 Å². The molecule has 0 radical (unpaired) electrons. The second-order valence-corrected chi connectivity index (χ2v) is 5.74. The van der Waals surface area contributed by atoms with Gasteiger partial charge in [-0.2, -0.15) is 0 Å². The Labute approximate surface area is 154 Å². The fraction of sp³-hybridized carbons (Fsp3) is 0.105. The van der Waals surface area contributed by atoms with Gasteiger partial charge in [0.25, 0.3) is 5.91 Å². The lowest BCUT2D eigenvalue weighted by Crippen LogP contribution is -2.16. The van der Waals surface area contributed by atoms with E-state index in [1.165, 1.54) is 24.4 Å². The predicted molar refractivity (Wildman–Crippen MR) is 96.3 cm³/mol. The molecule has 4 rings (SSSR count). The quantitative estimate of drug-likeness (QED) is 0.721. The van der Waals surface area contributed by atoms with E-state index < -0.39 is 11.7 Å². The number of carbonyl (C=O) groups is 1. The van der Waals surface area contributed by atoms with Crippen LogP contribution in [0, 0.1) is 5.82 Å². The van der Waals surface area contributed by atoms with Crippen LogP contribution in [0.5, 0.6) is 11.5 Å². The van der Waals surface area contributed by atoms with Gasteiger partial charge in [-0.25, -0.2) is 14.4 Å². The number of aromatic nitrogens is 2. The van der Waals surface area contributed by atoms with Crippen molar-refractivity contribution in [3.05, 3.63) is 71.8 Å². The number of nitrogens with zero attached hydrogens (tertiary/aromatic N) is 2. The number of para-hydroxylation sites is 1. The lowest BCUT2D eigenvalue weighted by atomic mass is 10.2. The van der Waals surface area contributed by atoms with Crippen LogP contribution in [-0.2, 0) is 6.54 Å². The lowest BCUT2D eigenvalue weighted by Gasteiger charge is -2.08. The first-order valence-electron chi connectivity index (χ1n) is 8.20. The van der Waals surface area contributed by atoms with Crippen LogP contribution in [0.4, 0.5) is 16.0 Å². The van der Waals surface area contributed by atoms with Crippen molar-refractivity contribution in [2.45, 2.75) is 6.54 Å². The molecule has 0 aliphatic carbocycles. The highest BCUT2D eigenvalue weighted by atomic mass is 19.1. The summed E-state index contributed by atoms with van der Waals surface area (Å²) in [6.07, 6.45) is 1.46. The van der Waals surface area contributed by atoms with Gasteiger partial charge in [0.2, 0.25) is 12.7 Å². The molecule has 3 aromatic rings. The van der Waals surface area contributed by atoms with E-state index in [2.05, 4.69) is 20.6 Å². The zero-order valence-electron chi connectivity index (χ0n) is 14.1. The van der Waals surface area contributed by atoms with Gasteiger partial charge in [0, 0.05) is 12.7 Å². The Morgan fingerprint density at radius 1 is 1.11 bits per heavy atom. The first kappa shape index (κ1) is 16.8. The maximum absolute atomic E-state index is 13.7. The number of fused-ring (bicyclic) bond motifs is 1. The number of carbonyl (C=O) groups excluding carboxylic acids is 1. The smallest absolute Gasteiger partial charge is 0.274 e. The molecule has 2 N–H and O–H groups in total. The summed E-state index contributed by atoms with van der Waals surface area (Å²) in [5.41, 5.74) is 1.17. The summed E-state index contributed by atoms with van der Waals surface area (Å²) in [7, 11) is 0. The number of hydrogen-bond acceptors (Lipinski definition) is 6. The molecule has 7 nitrogen and oxygen atoms in total. The van der Waals surface area contributed by atoms with Crippen molar-refractivity contribution in [3.8, 4) is 11.5 Å². The molecule has 2 heterocycles. The van der Waals surface area contributed by atoms with Crippen LogP contribution in [0.25, 0.3) is 0 Å². The van der Waals surface area contributed by atoms with Crippen LogP contribution < -0.4 is 20.1 Å². The number of rotatable bonds is 5. The van der Waals surface area contributed by atoms with Gasteiger partial charge in [-0.05, 0) is 35.9 Å². The summed E-state index contributed by atoms with van der Waals surface area (Å²) in [6.45, 7) is 0.656. The summed E-state index contributed by atoms with van der Waals surface area (Å²) in [6, 6.07) is 13.0. The highest BCUT2D eigenvalue weighted by Gasteiger charge is 2.14. The maximum atomic E-state index is 13.7. The van der Waals surface area contributed by atoms with Crippen LogP contribution in [0.1, 0.15) is 16.1 Å². The van der Waals surface area contributed by atoms with E-state index in [0.717, 1.165) is 5.56 Å². The molecule has 2 aromatic carbocycles. The summed E-state index contributed by atoms with van der Waals surface area (Å²) in [5, 5.41) is 5.54. The first-order valence-corrected chi connectivity index (χ1v) is 8.20. The topological polar surface area (TPSA) is 85.4 Å². The Morgan fingerprint density at radius 3 is 2.85 bits per heavy atom. The Bertz CT molecular complexity index is 996. The zero-order valence-corrected chi connectivity index (χ0v) is 14.1. The fourth-order valence-electron chi connectivity index (χ4n) is 2.55. The molecule has 0 saturated heterocycles. The number of ether oxygens (including phenoxy) is 2. The molecule has 0 spiro atoms. The lowest BCUT2D eigenvalue weighted by molar-refractivity contribution is 0.102. The molecule has 136 valence electrons. The highest BCUT2D eigenvalue weighted by Crippen LogP contribution is 2.32. The molecular formula is C19H15FN4O3. The molecule has 0 bridgehead atoms. The summed E-state index contributed by atoms with van der Waals surface area (Å²) < 4.78 is 24.3. The average molecular weight is 366 g/mol. The third kappa shape index (κ3) is 3.79. The normalized spacial score (nSPS) is 11.9. The third-order valence-corrected chi connectivity index (χ3v) is 3.90. The Balaban J connectivity index is 1.43. The van der Waals surface area contributed by atoms with Crippen LogP contribution in [0.3, 0.4) is 0 Å². The van der Waals surface area contributed by atoms with E-state index in [-0.39, 0.29) is 24.1 Å². The third-order valence-electron chi connectivity index (χ3n) is 3.90. The van der Waals surface area contributed by atoms with E-state index in [1.807, 2.05) is 18.2 Å². The second kappa shape index (κ2) is 7.28. The molecule has 1 aliphatic heterocycles. The molecule has 1 aliphatic rings. The zero-order chi connectivity index (χ0) is 18.6. The van der Waals surface area contributed by atoms with Gasteiger partial charge in [0.15, 0.2) is 11.5 Å². The second-order valence-electron chi connectivity index (χ2n) is 5.74. The summed E-state index contributed by atoms with van der Waals surface area (Å²) in [5.74, 6) is 0.651. The number of benzene rings is 2. The van der Waals surface area contributed by atoms with Crippen LogP contribution in [0.2, 0.25) is 0 Å². The van der Waals surface area contributed by atoms with Crippen LogP contribution in [0.15, 0.2) is 54.7 Å².